The molecule has 0 saturated carbocycles. The van der Waals surface area contributed by atoms with Crippen molar-refractivity contribution in [2.24, 2.45) is 0 Å². The fourth-order valence-electron chi connectivity index (χ4n) is 0.464. The number of esters is 2. The average Bonchev–Trinajstić information content (AvgIpc) is 2.08. The Balaban J connectivity index is 0. The van der Waals surface area contributed by atoms with Gasteiger partial charge in [0.2, 0.25) is 0 Å². The van der Waals surface area contributed by atoms with Crippen molar-refractivity contribution in [1.29, 1.82) is 0 Å². The van der Waals surface area contributed by atoms with Crippen LogP contribution in [0.25, 0.3) is 0 Å². The number of ether oxygens (including phenoxy) is 2. The van der Waals surface area contributed by atoms with Gasteiger partial charge in [0, 0.05) is 0 Å². The molecule has 6 heteroatoms. The van der Waals surface area contributed by atoms with E-state index in [2.05, 4.69) is 23.1 Å². The predicted octanol–water partition coefficient (Wildman–Crippen LogP) is 1.16. The minimum atomic E-state index is -0.661. The van der Waals surface area contributed by atoms with Crippen molar-refractivity contribution in [3.05, 3.63) is 6.42 Å². The van der Waals surface area contributed by atoms with Crippen molar-refractivity contribution in [2.75, 3.05) is 13.2 Å². The van der Waals surface area contributed by atoms with Gasteiger partial charge in [0.15, 0.2) is 11.9 Å². The maximum atomic E-state index is 10.5. The molecule has 0 atom stereocenters. The van der Waals surface area contributed by atoms with Crippen molar-refractivity contribution in [3.63, 3.8) is 0 Å². The van der Waals surface area contributed by atoms with Crippen LogP contribution in [0.5, 0.6) is 0 Å². The number of rotatable bonds is 4. The summed E-state index contributed by atoms with van der Waals surface area (Å²) in [7, 11) is 0. The third kappa shape index (κ3) is 11.9. The van der Waals surface area contributed by atoms with Crippen LogP contribution in [0.15, 0.2) is 0 Å². The molecule has 0 N–H and O–H groups in total. The zero-order valence-corrected chi connectivity index (χ0v) is 12.3. The number of hydrogen-bond donors (Lipinski definition) is 0. The van der Waals surface area contributed by atoms with E-state index < -0.39 is 11.9 Å². The fourth-order valence-corrected chi connectivity index (χ4v) is 0.464. The molecule has 0 aliphatic rings. The second kappa shape index (κ2) is 11.9. The van der Waals surface area contributed by atoms with Crippen LogP contribution in [-0.4, -0.2) is 25.2 Å². The second-order valence-corrected chi connectivity index (χ2v) is 1.65. The van der Waals surface area contributed by atoms with Gasteiger partial charge in [-0.05, 0) is 13.8 Å². The first-order valence-corrected chi connectivity index (χ1v) is 10.6. The molecular weight excluding hydrogens is 293 g/mol. The quantitative estimate of drug-likeness (QED) is 0.338. The Morgan fingerprint density at radius 2 is 1.46 bits per heavy atom. The fraction of sp³-hybridized carbons (Fsp3) is 0.571. The third-order valence-electron chi connectivity index (χ3n) is 0.809. The molecule has 0 aromatic heterocycles. The average molecular weight is 304 g/mol. The predicted molar refractivity (Wildman–Crippen MR) is 46.5 cm³/mol. The summed E-state index contributed by atoms with van der Waals surface area (Å²) in [5.41, 5.74) is 0. The number of carbonyl (C=O) groups is 2. The summed E-state index contributed by atoms with van der Waals surface area (Å²) in [5.74, 6) is -1.32. The summed E-state index contributed by atoms with van der Waals surface area (Å²) >= 11 is 4.25. The van der Waals surface area contributed by atoms with Gasteiger partial charge in [0.1, 0.15) is 0 Å². The zero-order chi connectivity index (χ0) is 10.7. The normalized spacial score (nSPS) is 7.77. The molecule has 0 rings (SSSR count). The molecule has 0 aromatic rings. The topological polar surface area (TPSA) is 52.6 Å². The van der Waals surface area contributed by atoms with Gasteiger partial charge in [-0.1, -0.05) is 0 Å². The van der Waals surface area contributed by atoms with Crippen LogP contribution in [0.1, 0.15) is 13.8 Å². The summed E-state index contributed by atoms with van der Waals surface area (Å²) < 4.78 is 8.93. The maximum absolute atomic E-state index is 10.5. The van der Waals surface area contributed by atoms with E-state index in [0.29, 0.717) is 0 Å². The van der Waals surface area contributed by atoms with E-state index in [9.17, 15) is 9.59 Å². The first-order valence-electron chi connectivity index (χ1n) is 3.65. The van der Waals surface area contributed by atoms with E-state index in [1.165, 1.54) is 16.3 Å². The summed E-state index contributed by atoms with van der Waals surface area (Å²) in [4.78, 5) is 21.1. The van der Waals surface area contributed by atoms with Crippen molar-refractivity contribution in [3.8, 4) is 0 Å². The molecule has 0 amide bonds. The van der Waals surface area contributed by atoms with Gasteiger partial charge < -0.3 is 9.47 Å². The van der Waals surface area contributed by atoms with E-state index in [0.717, 1.165) is 6.42 Å². The Morgan fingerprint density at radius 1 is 1.15 bits per heavy atom. The molecule has 0 unspecified atom stereocenters. The minimum absolute atomic E-state index is 0.259. The molecular formula is C7H11BrO4Zn. The number of halogens is 1. The molecule has 0 aliphatic heterocycles. The molecule has 0 aromatic carbocycles. The van der Waals surface area contributed by atoms with Crippen molar-refractivity contribution in [2.45, 2.75) is 13.8 Å². The van der Waals surface area contributed by atoms with E-state index >= 15 is 0 Å². The van der Waals surface area contributed by atoms with E-state index in [-0.39, 0.29) is 13.2 Å². The zero-order valence-electron chi connectivity index (χ0n) is 7.71. The van der Waals surface area contributed by atoms with Crippen molar-refractivity contribution < 1.29 is 35.4 Å². The Morgan fingerprint density at radius 3 is 1.69 bits per heavy atom. The van der Waals surface area contributed by atoms with Gasteiger partial charge in [0.05, 0.1) is 13.2 Å². The van der Waals surface area contributed by atoms with Gasteiger partial charge in [-0.3, -0.25) is 9.59 Å². The van der Waals surface area contributed by atoms with Crippen LogP contribution in [0.4, 0.5) is 0 Å². The third-order valence-corrected chi connectivity index (χ3v) is 0.809. The van der Waals surface area contributed by atoms with E-state index in [4.69, 9.17) is 0 Å². The number of carbonyl (C=O) groups excluding carboxylic acids is 2. The molecule has 0 spiro atoms. The standard InChI is InChI=1S/C7H11O4.BrH.Zn/c1-3-10-6(8)5-7(9)11-4-2;;/h5H,3-4H2,1-2H3;1H;/q-1;;+2/p-1. The van der Waals surface area contributed by atoms with Crippen LogP contribution in [-0.2, 0) is 35.4 Å². The Hall–Kier alpha value is -0.0866. The van der Waals surface area contributed by atoms with Crippen LogP contribution < -0.4 is 0 Å². The van der Waals surface area contributed by atoms with E-state index in [1.54, 1.807) is 13.8 Å². The first kappa shape index (κ1) is 15.4. The summed E-state index contributed by atoms with van der Waals surface area (Å²) in [6.07, 6.45) is 0.785. The van der Waals surface area contributed by atoms with Gasteiger partial charge in [-0.2, -0.15) is 6.42 Å². The van der Waals surface area contributed by atoms with Gasteiger partial charge in [-0.15, -0.1) is 0 Å². The monoisotopic (exact) mass is 302 g/mol. The van der Waals surface area contributed by atoms with Gasteiger partial charge in [0.25, 0.3) is 0 Å². The Kier molecular flexibility index (Phi) is 14.1. The summed E-state index contributed by atoms with van der Waals surface area (Å²) in [6.45, 7) is 3.84. The van der Waals surface area contributed by atoms with Crippen molar-refractivity contribution in [1.82, 2.24) is 0 Å². The van der Waals surface area contributed by atoms with Gasteiger partial charge in [-0.25, -0.2) is 0 Å². The molecule has 0 fully saturated rings. The molecule has 0 radical (unpaired) electrons. The van der Waals surface area contributed by atoms with Crippen molar-refractivity contribution >= 4 is 25.6 Å². The summed E-state index contributed by atoms with van der Waals surface area (Å²) in [5, 5.41) is 0. The number of hydrogen-bond acceptors (Lipinski definition) is 4. The summed E-state index contributed by atoms with van der Waals surface area (Å²) in [6, 6.07) is 0. The van der Waals surface area contributed by atoms with Gasteiger partial charge >= 0.3 is 30.0 Å². The Bertz CT molecular complexity index is 135. The van der Waals surface area contributed by atoms with E-state index in [1.807, 2.05) is 0 Å². The molecule has 72 valence electrons. The van der Waals surface area contributed by atoms with Crippen LogP contribution in [0.3, 0.4) is 0 Å². The second-order valence-electron chi connectivity index (χ2n) is 1.65. The molecule has 13 heavy (non-hydrogen) atoms. The Labute approximate surface area is 94.4 Å². The van der Waals surface area contributed by atoms with Crippen LogP contribution in [0.2, 0.25) is 0 Å². The molecule has 4 nitrogen and oxygen atoms in total. The van der Waals surface area contributed by atoms with Crippen LogP contribution in [0, 0.1) is 6.42 Å². The first-order chi connectivity index (χ1) is 6.20. The molecule has 0 bridgehead atoms. The molecule has 0 saturated heterocycles. The van der Waals surface area contributed by atoms with Crippen LogP contribution >= 0.6 is 13.6 Å². The molecule has 0 heterocycles. The molecule has 0 aliphatic carbocycles. The SMILES string of the molecule is CCOC(=O)[CH-]C(=O)OCC.[Zn+][Br].